The van der Waals surface area contributed by atoms with Crippen molar-refractivity contribution in [3.8, 4) is 0 Å². The van der Waals surface area contributed by atoms with Crippen molar-refractivity contribution in [2.24, 2.45) is 0 Å². The molecule has 0 aliphatic rings. The van der Waals surface area contributed by atoms with Crippen molar-refractivity contribution in [1.82, 2.24) is 9.97 Å². The zero-order valence-corrected chi connectivity index (χ0v) is 10.3. The van der Waals surface area contributed by atoms with Gasteiger partial charge in [-0.15, -0.1) is 0 Å². The summed E-state index contributed by atoms with van der Waals surface area (Å²) in [4.78, 5) is 7.40. The van der Waals surface area contributed by atoms with E-state index >= 15 is 0 Å². The van der Waals surface area contributed by atoms with Crippen molar-refractivity contribution in [1.29, 1.82) is 0 Å². The number of nitrogens with zero attached hydrogens (tertiary/aromatic N) is 2. The molecule has 2 rings (SSSR count). The normalized spacial score (nSPS) is 10.5. The van der Waals surface area contributed by atoms with Gasteiger partial charge in [0.1, 0.15) is 5.03 Å². The average Bonchev–Trinajstić information content (AvgIpc) is 2.32. The van der Waals surface area contributed by atoms with Gasteiger partial charge in [0.05, 0.1) is 6.20 Å². The van der Waals surface area contributed by atoms with Crippen LogP contribution in [0.5, 0.6) is 0 Å². The fourth-order valence-corrected chi connectivity index (χ4v) is 2.17. The first-order valence-corrected chi connectivity index (χ1v) is 6.17. The lowest BCUT2D eigenvalue weighted by molar-refractivity contribution is 0.580. The van der Waals surface area contributed by atoms with Crippen molar-refractivity contribution in [3.63, 3.8) is 0 Å². The van der Waals surface area contributed by atoms with E-state index in [4.69, 9.17) is 17.3 Å². The Hall–Kier alpha value is -1.33. The summed E-state index contributed by atoms with van der Waals surface area (Å²) in [5.74, 6) is 0.216. The van der Waals surface area contributed by atoms with Gasteiger partial charge in [0.2, 0.25) is 5.95 Å². The molecule has 6 heteroatoms. The molecule has 0 aliphatic heterocycles. The number of anilines is 1. The van der Waals surface area contributed by atoms with Gasteiger partial charge in [-0.1, -0.05) is 35.5 Å². The predicted molar refractivity (Wildman–Crippen MR) is 67.4 cm³/mol. The average molecular weight is 270 g/mol. The Balaban J connectivity index is 2.07. The summed E-state index contributed by atoms with van der Waals surface area (Å²) in [5, 5.41) is 0.934. The molecule has 0 saturated heterocycles. The van der Waals surface area contributed by atoms with E-state index in [0.717, 1.165) is 11.8 Å². The number of benzene rings is 1. The molecule has 0 unspecified atom stereocenters. The first-order valence-electron chi connectivity index (χ1n) is 4.80. The number of nitrogen functional groups attached to an aromatic ring is 1. The molecule has 17 heavy (non-hydrogen) atoms. The molecule has 0 atom stereocenters. The maximum Gasteiger partial charge on any atom is 0.221 e. The third kappa shape index (κ3) is 3.31. The van der Waals surface area contributed by atoms with Crippen LogP contribution < -0.4 is 5.73 Å². The van der Waals surface area contributed by atoms with Crippen LogP contribution in [-0.4, -0.2) is 9.97 Å². The van der Waals surface area contributed by atoms with Crippen molar-refractivity contribution in [3.05, 3.63) is 46.9 Å². The summed E-state index contributed by atoms with van der Waals surface area (Å²) in [6, 6.07) is 7.36. The Labute approximate surface area is 107 Å². The fourth-order valence-electron chi connectivity index (χ4n) is 1.20. The molecule has 3 nitrogen and oxygen atoms in total. The molecule has 1 heterocycles. The molecule has 2 aromatic rings. The second-order valence-electron chi connectivity index (χ2n) is 3.30. The molecule has 0 bridgehead atoms. The Bertz CT molecular complexity index is 519. The minimum Gasteiger partial charge on any atom is -0.368 e. The highest BCUT2D eigenvalue weighted by molar-refractivity contribution is 7.98. The quantitative estimate of drug-likeness (QED) is 0.687. The lowest BCUT2D eigenvalue weighted by Gasteiger charge is -2.03. The number of nitrogens with two attached hydrogens (primary N) is 1. The van der Waals surface area contributed by atoms with Crippen LogP contribution in [0.15, 0.2) is 35.5 Å². The van der Waals surface area contributed by atoms with E-state index in [1.54, 1.807) is 12.1 Å². The number of rotatable bonds is 3. The van der Waals surface area contributed by atoms with Crippen molar-refractivity contribution >= 4 is 29.3 Å². The number of halogens is 2. The van der Waals surface area contributed by atoms with Crippen LogP contribution >= 0.6 is 23.4 Å². The molecule has 0 radical (unpaired) electrons. The first kappa shape index (κ1) is 12.1. The minimum absolute atomic E-state index is 0.0741. The van der Waals surface area contributed by atoms with Gasteiger partial charge in [0.15, 0.2) is 5.82 Å². The summed E-state index contributed by atoms with van der Waals surface area (Å²) < 4.78 is 13.3. The van der Waals surface area contributed by atoms with Crippen LogP contribution in [0.4, 0.5) is 10.3 Å². The molecule has 88 valence electrons. The molecule has 1 aromatic carbocycles. The van der Waals surface area contributed by atoms with Crippen LogP contribution in [0.3, 0.4) is 0 Å². The third-order valence-corrected chi connectivity index (χ3v) is 3.31. The standard InChI is InChI=1S/C11H9ClFN3S/c12-8-3-1-7(2-4-8)6-17-10-9(13)5-15-11(14)16-10/h1-5H,6H2,(H2,14,15,16). The molecular weight excluding hydrogens is 261 g/mol. The minimum atomic E-state index is -0.460. The molecule has 1 aromatic heterocycles. The molecule has 2 N–H and O–H groups in total. The molecule has 0 fully saturated rings. The van der Waals surface area contributed by atoms with Crippen LogP contribution in [0.2, 0.25) is 5.02 Å². The van der Waals surface area contributed by atoms with Gasteiger partial charge in [0, 0.05) is 10.8 Å². The zero-order chi connectivity index (χ0) is 12.3. The van der Waals surface area contributed by atoms with Crippen molar-refractivity contribution in [2.45, 2.75) is 10.8 Å². The molecule has 0 amide bonds. The van der Waals surface area contributed by atoms with Gasteiger partial charge < -0.3 is 5.73 Å². The highest BCUT2D eigenvalue weighted by atomic mass is 35.5. The van der Waals surface area contributed by atoms with E-state index in [0.29, 0.717) is 10.8 Å². The summed E-state index contributed by atoms with van der Waals surface area (Å²) in [6.45, 7) is 0. The summed E-state index contributed by atoms with van der Waals surface area (Å²) in [6.07, 6.45) is 1.08. The van der Waals surface area contributed by atoms with Gasteiger partial charge >= 0.3 is 0 Å². The highest BCUT2D eigenvalue weighted by Gasteiger charge is 2.06. The lowest BCUT2D eigenvalue weighted by atomic mass is 10.2. The van der Waals surface area contributed by atoms with Crippen molar-refractivity contribution in [2.75, 3.05) is 5.73 Å². The zero-order valence-electron chi connectivity index (χ0n) is 8.73. The Morgan fingerprint density at radius 2 is 2.00 bits per heavy atom. The van der Waals surface area contributed by atoms with Gasteiger partial charge in [-0.2, -0.15) is 0 Å². The number of hydrogen-bond donors (Lipinski definition) is 1. The van der Waals surface area contributed by atoms with Crippen molar-refractivity contribution < 1.29 is 4.39 Å². The highest BCUT2D eigenvalue weighted by Crippen LogP contribution is 2.24. The van der Waals surface area contributed by atoms with Gasteiger partial charge in [-0.3, -0.25) is 0 Å². The molecular formula is C11H9ClFN3S. The van der Waals surface area contributed by atoms with Gasteiger partial charge in [-0.05, 0) is 17.7 Å². The van der Waals surface area contributed by atoms with E-state index in [-0.39, 0.29) is 11.0 Å². The van der Waals surface area contributed by atoms with E-state index in [2.05, 4.69) is 9.97 Å². The monoisotopic (exact) mass is 269 g/mol. The van der Waals surface area contributed by atoms with E-state index < -0.39 is 5.82 Å². The SMILES string of the molecule is Nc1ncc(F)c(SCc2ccc(Cl)cc2)n1. The largest absolute Gasteiger partial charge is 0.368 e. The summed E-state index contributed by atoms with van der Waals surface area (Å²) >= 11 is 7.04. The molecule has 0 saturated carbocycles. The number of hydrogen-bond acceptors (Lipinski definition) is 4. The predicted octanol–water partition coefficient (Wildman–Crippen LogP) is 3.14. The van der Waals surface area contributed by atoms with Crippen LogP contribution in [0.1, 0.15) is 5.56 Å². The molecule has 0 aliphatic carbocycles. The maximum absolute atomic E-state index is 13.3. The lowest BCUT2D eigenvalue weighted by Crippen LogP contribution is -1.98. The number of thioether (sulfide) groups is 1. The Morgan fingerprint density at radius 1 is 1.29 bits per heavy atom. The third-order valence-electron chi connectivity index (χ3n) is 2.02. The van der Waals surface area contributed by atoms with Crippen LogP contribution in [0.25, 0.3) is 0 Å². The topological polar surface area (TPSA) is 51.8 Å². The van der Waals surface area contributed by atoms with E-state index in [1.165, 1.54) is 11.8 Å². The van der Waals surface area contributed by atoms with E-state index in [9.17, 15) is 4.39 Å². The second-order valence-corrected chi connectivity index (χ2v) is 4.70. The van der Waals surface area contributed by atoms with E-state index in [1.807, 2.05) is 12.1 Å². The fraction of sp³-hybridized carbons (Fsp3) is 0.0909. The summed E-state index contributed by atoms with van der Waals surface area (Å²) in [5.41, 5.74) is 6.43. The second kappa shape index (κ2) is 5.33. The Morgan fingerprint density at radius 3 is 2.71 bits per heavy atom. The molecule has 0 spiro atoms. The van der Waals surface area contributed by atoms with Crippen LogP contribution in [-0.2, 0) is 5.75 Å². The first-order chi connectivity index (χ1) is 8.15. The summed E-state index contributed by atoms with van der Waals surface area (Å²) in [7, 11) is 0. The Kier molecular flexibility index (Phi) is 3.81. The van der Waals surface area contributed by atoms with Crippen LogP contribution in [0, 0.1) is 5.82 Å². The smallest absolute Gasteiger partial charge is 0.221 e. The van der Waals surface area contributed by atoms with Gasteiger partial charge in [-0.25, -0.2) is 14.4 Å². The number of aromatic nitrogens is 2. The van der Waals surface area contributed by atoms with Gasteiger partial charge in [0.25, 0.3) is 0 Å². The maximum atomic E-state index is 13.3.